The minimum absolute atomic E-state index is 0.570. The lowest BCUT2D eigenvalue weighted by Gasteiger charge is -2.40. The fourth-order valence-corrected chi connectivity index (χ4v) is 11.1. The zero-order valence-corrected chi connectivity index (χ0v) is 34.5. The molecule has 11 aromatic rings. The first-order chi connectivity index (χ1) is 31.3. The van der Waals surface area contributed by atoms with Gasteiger partial charge in [0.2, 0.25) is 0 Å². The monoisotopic (exact) mass is 800 g/mol. The van der Waals surface area contributed by atoms with Gasteiger partial charge in [-0.1, -0.05) is 200 Å². The SMILES string of the molecule is c1ccc(-c2cccc(N(c3ccc4c(c3)C3(c5ccccc5-4)c4ccccc4-n4c5ccccc5c5cccc3c54)c3ccccc3-c3ccccc3-c3ccccc3)c2)cc1. The summed E-state index contributed by atoms with van der Waals surface area (Å²) in [6.45, 7) is 0. The highest BCUT2D eigenvalue weighted by Gasteiger charge is 2.51. The molecule has 0 N–H and O–H groups in total. The average Bonchev–Trinajstić information content (AvgIpc) is 3.85. The van der Waals surface area contributed by atoms with Crippen LogP contribution in [-0.4, -0.2) is 4.57 Å². The number of aromatic nitrogens is 1. The lowest BCUT2D eigenvalue weighted by Crippen LogP contribution is -2.33. The van der Waals surface area contributed by atoms with Gasteiger partial charge in [-0.3, -0.25) is 0 Å². The van der Waals surface area contributed by atoms with Crippen molar-refractivity contribution in [3.05, 3.63) is 265 Å². The molecule has 294 valence electrons. The number of anilines is 3. The second-order valence-corrected chi connectivity index (χ2v) is 16.8. The van der Waals surface area contributed by atoms with Gasteiger partial charge < -0.3 is 9.47 Å². The van der Waals surface area contributed by atoms with E-state index in [2.05, 4.69) is 252 Å². The Kier molecular flexibility index (Phi) is 7.85. The Morgan fingerprint density at radius 1 is 0.317 bits per heavy atom. The van der Waals surface area contributed by atoms with Gasteiger partial charge in [0, 0.05) is 27.7 Å². The van der Waals surface area contributed by atoms with Crippen molar-refractivity contribution < 1.29 is 0 Å². The maximum atomic E-state index is 2.52. The molecule has 2 heteroatoms. The van der Waals surface area contributed by atoms with Crippen molar-refractivity contribution in [1.29, 1.82) is 0 Å². The Balaban J connectivity index is 1.11. The summed E-state index contributed by atoms with van der Waals surface area (Å²) < 4.78 is 2.52. The highest BCUT2D eigenvalue weighted by molar-refractivity contribution is 6.13. The van der Waals surface area contributed by atoms with Crippen LogP contribution in [0.4, 0.5) is 17.1 Å². The van der Waals surface area contributed by atoms with Crippen LogP contribution in [0.3, 0.4) is 0 Å². The predicted molar refractivity (Wildman–Crippen MR) is 263 cm³/mol. The Morgan fingerprint density at radius 3 is 1.73 bits per heavy atom. The van der Waals surface area contributed by atoms with Crippen molar-refractivity contribution in [2.75, 3.05) is 4.90 Å². The van der Waals surface area contributed by atoms with Crippen molar-refractivity contribution in [2.24, 2.45) is 0 Å². The second-order valence-electron chi connectivity index (χ2n) is 16.8. The lowest BCUT2D eigenvalue weighted by atomic mass is 9.65. The zero-order chi connectivity index (χ0) is 41.5. The highest BCUT2D eigenvalue weighted by Crippen LogP contribution is 2.62. The molecule has 10 aromatic carbocycles. The molecule has 0 saturated heterocycles. The van der Waals surface area contributed by atoms with Crippen LogP contribution in [0.5, 0.6) is 0 Å². The molecule has 0 saturated carbocycles. The molecule has 1 aromatic heterocycles. The molecule has 0 fully saturated rings. The molecule has 0 radical (unpaired) electrons. The fraction of sp³-hybridized carbons (Fsp3) is 0.0164. The predicted octanol–water partition coefficient (Wildman–Crippen LogP) is 15.9. The first-order valence-corrected chi connectivity index (χ1v) is 21.9. The second kappa shape index (κ2) is 13.9. The molecule has 0 amide bonds. The van der Waals surface area contributed by atoms with Gasteiger partial charge >= 0.3 is 0 Å². The largest absolute Gasteiger partial charge is 0.310 e. The van der Waals surface area contributed by atoms with Gasteiger partial charge in [-0.25, -0.2) is 0 Å². The first kappa shape index (κ1) is 35.5. The summed E-state index contributed by atoms with van der Waals surface area (Å²) in [4.78, 5) is 2.49. The van der Waals surface area contributed by atoms with E-state index < -0.39 is 5.41 Å². The smallest absolute Gasteiger partial charge is 0.0755 e. The van der Waals surface area contributed by atoms with Crippen LogP contribution in [0.2, 0.25) is 0 Å². The van der Waals surface area contributed by atoms with E-state index in [1.807, 2.05) is 0 Å². The maximum Gasteiger partial charge on any atom is 0.0755 e. The molecule has 1 unspecified atom stereocenters. The Hall–Kier alpha value is -8.20. The first-order valence-electron chi connectivity index (χ1n) is 21.9. The Morgan fingerprint density at radius 2 is 0.889 bits per heavy atom. The molecule has 1 atom stereocenters. The summed E-state index contributed by atoms with van der Waals surface area (Å²) in [5.74, 6) is 0. The maximum absolute atomic E-state index is 2.52. The normalized spacial score (nSPS) is 14.4. The van der Waals surface area contributed by atoms with Gasteiger partial charge in [-0.15, -0.1) is 0 Å². The number of fused-ring (bicyclic) bond motifs is 12. The van der Waals surface area contributed by atoms with Gasteiger partial charge in [0.1, 0.15) is 0 Å². The molecule has 2 heterocycles. The minimum Gasteiger partial charge on any atom is -0.310 e. The number of benzene rings is 10. The highest BCUT2D eigenvalue weighted by atomic mass is 15.1. The summed E-state index contributed by atoms with van der Waals surface area (Å²) in [6, 6.07) is 89.6. The van der Waals surface area contributed by atoms with Crippen LogP contribution >= 0.6 is 0 Å². The van der Waals surface area contributed by atoms with E-state index in [9.17, 15) is 0 Å². The van der Waals surface area contributed by atoms with E-state index in [1.165, 1.54) is 88.7 Å². The van der Waals surface area contributed by atoms with E-state index in [0.29, 0.717) is 0 Å². The van der Waals surface area contributed by atoms with Gasteiger partial charge in [-0.2, -0.15) is 0 Å². The standard InChI is InChI=1S/C61H40N2/c1-3-19-41(20-4-1)43-23-17-24-44(39-43)62(57-34-14-10-28-50(57)47-26-8-7-25-46(47)42-21-5-2-6-22-42)45-37-38-49-48-27-9-12-31-53(48)61(56(49)40-45)54-32-13-16-36-59(54)63-58-35-15-11-29-51(58)52-30-18-33-55(61)60(52)63/h1-40H. The van der Waals surface area contributed by atoms with E-state index in [1.54, 1.807) is 0 Å². The van der Waals surface area contributed by atoms with Gasteiger partial charge in [-0.05, 0) is 104 Å². The molecule has 1 aliphatic heterocycles. The van der Waals surface area contributed by atoms with Crippen LogP contribution in [0.15, 0.2) is 243 Å². The average molecular weight is 801 g/mol. The van der Waals surface area contributed by atoms with Crippen molar-refractivity contribution in [3.8, 4) is 50.2 Å². The molecule has 2 aliphatic rings. The van der Waals surface area contributed by atoms with Crippen molar-refractivity contribution in [3.63, 3.8) is 0 Å². The number of para-hydroxylation sites is 4. The summed E-state index contributed by atoms with van der Waals surface area (Å²) in [6.07, 6.45) is 0. The van der Waals surface area contributed by atoms with Crippen LogP contribution in [0.25, 0.3) is 72.0 Å². The molecular formula is C61H40N2. The lowest BCUT2D eigenvalue weighted by molar-refractivity contribution is 0.748. The molecule has 2 nitrogen and oxygen atoms in total. The summed E-state index contributed by atoms with van der Waals surface area (Å²) in [5, 5.41) is 2.56. The Bertz CT molecular complexity index is 3580. The van der Waals surface area contributed by atoms with E-state index in [0.717, 1.165) is 22.6 Å². The number of nitrogens with zero attached hydrogens (tertiary/aromatic N) is 2. The fourth-order valence-electron chi connectivity index (χ4n) is 11.1. The van der Waals surface area contributed by atoms with Gasteiger partial charge in [0.05, 0.1) is 27.8 Å². The molecule has 63 heavy (non-hydrogen) atoms. The van der Waals surface area contributed by atoms with Gasteiger partial charge in [0.15, 0.2) is 0 Å². The third-order valence-electron chi connectivity index (χ3n) is 13.6. The molecular weight excluding hydrogens is 761 g/mol. The topological polar surface area (TPSA) is 8.17 Å². The summed E-state index contributed by atoms with van der Waals surface area (Å²) in [7, 11) is 0. The minimum atomic E-state index is -0.570. The van der Waals surface area contributed by atoms with Gasteiger partial charge in [0.25, 0.3) is 0 Å². The Labute approximate surface area is 367 Å². The molecule has 13 rings (SSSR count). The van der Waals surface area contributed by atoms with E-state index in [4.69, 9.17) is 0 Å². The van der Waals surface area contributed by atoms with Crippen LogP contribution in [-0.2, 0) is 5.41 Å². The summed E-state index contributed by atoms with van der Waals surface area (Å²) >= 11 is 0. The van der Waals surface area contributed by atoms with Crippen LogP contribution in [0.1, 0.15) is 22.3 Å². The number of hydrogen-bond acceptors (Lipinski definition) is 1. The quantitative estimate of drug-likeness (QED) is 0.163. The van der Waals surface area contributed by atoms with Crippen molar-refractivity contribution in [2.45, 2.75) is 5.41 Å². The van der Waals surface area contributed by atoms with E-state index >= 15 is 0 Å². The van der Waals surface area contributed by atoms with Crippen LogP contribution in [0, 0.1) is 0 Å². The van der Waals surface area contributed by atoms with Crippen molar-refractivity contribution >= 4 is 38.9 Å². The van der Waals surface area contributed by atoms with Crippen molar-refractivity contribution in [1.82, 2.24) is 4.57 Å². The number of hydrogen-bond donors (Lipinski definition) is 0. The molecule has 0 bridgehead atoms. The van der Waals surface area contributed by atoms with E-state index in [-0.39, 0.29) is 0 Å². The third kappa shape index (κ3) is 5.13. The van der Waals surface area contributed by atoms with Crippen LogP contribution < -0.4 is 4.90 Å². The molecule has 1 spiro atoms. The zero-order valence-electron chi connectivity index (χ0n) is 34.5. The molecule has 1 aliphatic carbocycles. The summed E-state index contributed by atoms with van der Waals surface area (Å²) in [5.41, 5.74) is 21.4. The third-order valence-corrected chi connectivity index (χ3v) is 13.6. The number of rotatable bonds is 6.